The molecular weight excluding hydrogens is 316 g/mol. The van der Waals surface area contributed by atoms with Gasteiger partial charge < -0.3 is 15.0 Å². The van der Waals surface area contributed by atoms with Gasteiger partial charge in [0.15, 0.2) is 11.4 Å². The Bertz CT molecular complexity index is 963. The smallest absolute Gasteiger partial charge is 0.261 e. The fraction of sp³-hybridized carbons (Fsp3) is 0.100. The number of amides is 1. The van der Waals surface area contributed by atoms with Crippen LogP contribution in [0.15, 0.2) is 73.1 Å². The van der Waals surface area contributed by atoms with Crippen molar-refractivity contribution < 1.29 is 14.7 Å². The molecule has 5 nitrogen and oxygen atoms in total. The van der Waals surface area contributed by atoms with Crippen molar-refractivity contribution in [2.75, 3.05) is 5.32 Å². The molecule has 2 heterocycles. The molecule has 0 unspecified atom stereocenters. The number of hydrogen-bond acceptors (Lipinski definition) is 3. The van der Waals surface area contributed by atoms with Crippen LogP contribution in [-0.4, -0.2) is 21.4 Å². The van der Waals surface area contributed by atoms with Gasteiger partial charge in [0, 0.05) is 34.9 Å². The summed E-state index contributed by atoms with van der Waals surface area (Å²) < 4.78 is 1.89. The van der Waals surface area contributed by atoms with Crippen LogP contribution in [0.1, 0.15) is 22.3 Å². The van der Waals surface area contributed by atoms with E-state index in [-0.39, 0.29) is 12.2 Å². The number of carbonyl (C=O) groups excluding carboxylic acids is 2. The Balaban J connectivity index is 1.65. The van der Waals surface area contributed by atoms with Crippen LogP contribution in [0.3, 0.4) is 0 Å². The molecule has 0 fully saturated rings. The molecule has 1 amide bonds. The Morgan fingerprint density at radius 3 is 2.60 bits per heavy atom. The third-order valence-electron chi connectivity index (χ3n) is 4.48. The third kappa shape index (κ3) is 2.55. The highest BCUT2D eigenvalue weighted by Crippen LogP contribution is 2.38. The number of ketones is 1. The van der Waals surface area contributed by atoms with Crippen LogP contribution in [-0.2, 0) is 10.4 Å². The van der Waals surface area contributed by atoms with Crippen molar-refractivity contribution in [3.05, 3.63) is 84.2 Å². The first-order valence-corrected chi connectivity index (χ1v) is 7.98. The summed E-state index contributed by atoms with van der Waals surface area (Å²) in [6.07, 6.45) is 3.47. The number of nitrogens with one attached hydrogen (secondary N) is 1. The van der Waals surface area contributed by atoms with Crippen molar-refractivity contribution in [3.8, 4) is 5.69 Å². The average Bonchev–Trinajstić information content (AvgIpc) is 3.24. The zero-order chi connectivity index (χ0) is 17.4. The molecular formula is C20H16N2O3. The quantitative estimate of drug-likeness (QED) is 0.722. The van der Waals surface area contributed by atoms with Crippen LogP contribution in [0.2, 0.25) is 0 Å². The first-order chi connectivity index (χ1) is 12.1. The summed E-state index contributed by atoms with van der Waals surface area (Å²) in [5.74, 6) is -0.855. The number of para-hydroxylation sites is 1. The highest BCUT2D eigenvalue weighted by Gasteiger charge is 2.46. The second-order valence-corrected chi connectivity index (χ2v) is 6.10. The second kappa shape index (κ2) is 5.72. The van der Waals surface area contributed by atoms with Gasteiger partial charge >= 0.3 is 0 Å². The maximum Gasteiger partial charge on any atom is 0.261 e. The van der Waals surface area contributed by atoms with Crippen molar-refractivity contribution in [3.63, 3.8) is 0 Å². The van der Waals surface area contributed by atoms with Gasteiger partial charge in [0.25, 0.3) is 5.91 Å². The Hall–Kier alpha value is -3.18. The van der Waals surface area contributed by atoms with Crippen molar-refractivity contribution in [2.45, 2.75) is 12.0 Å². The summed E-state index contributed by atoms with van der Waals surface area (Å²) in [5.41, 5.74) is 0.451. The van der Waals surface area contributed by atoms with E-state index in [0.717, 1.165) is 5.69 Å². The lowest BCUT2D eigenvalue weighted by Gasteiger charge is -2.20. The third-order valence-corrected chi connectivity index (χ3v) is 4.48. The lowest BCUT2D eigenvalue weighted by atomic mass is 9.88. The zero-order valence-electron chi connectivity index (χ0n) is 13.3. The minimum atomic E-state index is -1.84. The number of Topliss-reactive ketones (excluding diaryl/α,β-unsaturated/α-hetero) is 1. The molecule has 1 aromatic heterocycles. The predicted molar refractivity (Wildman–Crippen MR) is 93.7 cm³/mol. The maximum absolute atomic E-state index is 12.7. The summed E-state index contributed by atoms with van der Waals surface area (Å²) in [7, 11) is 0. The van der Waals surface area contributed by atoms with Gasteiger partial charge in [-0.05, 0) is 30.3 Å². The Morgan fingerprint density at radius 1 is 1.04 bits per heavy atom. The van der Waals surface area contributed by atoms with Crippen molar-refractivity contribution in [1.29, 1.82) is 0 Å². The van der Waals surface area contributed by atoms with Crippen molar-refractivity contribution in [2.24, 2.45) is 0 Å². The number of anilines is 1. The molecule has 124 valence electrons. The summed E-state index contributed by atoms with van der Waals surface area (Å²) in [6, 6.07) is 17.8. The van der Waals surface area contributed by atoms with Crippen molar-refractivity contribution >= 4 is 17.4 Å². The molecule has 0 aliphatic carbocycles. The van der Waals surface area contributed by atoms with Crippen LogP contribution in [0, 0.1) is 0 Å². The van der Waals surface area contributed by atoms with E-state index < -0.39 is 11.5 Å². The van der Waals surface area contributed by atoms with E-state index >= 15 is 0 Å². The van der Waals surface area contributed by atoms with Gasteiger partial charge in [-0.2, -0.15) is 0 Å². The summed E-state index contributed by atoms with van der Waals surface area (Å²) in [4.78, 5) is 25.0. The number of aliphatic hydroxyl groups is 1. The number of aromatic nitrogens is 1. The molecule has 0 saturated carbocycles. The molecule has 4 rings (SSSR count). The normalized spacial score (nSPS) is 18.7. The standard InChI is InChI=1S/C20H16N2O3/c23-18(14-6-5-7-15(12-14)22-10-3-4-11-22)13-20(25)16-8-1-2-9-17(16)21-19(20)24/h1-12,25H,13H2,(H,21,24)/t20-/m1/s1. The van der Waals surface area contributed by atoms with Crippen LogP contribution in [0.25, 0.3) is 5.69 Å². The zero-order valence-corrected chi connectivity index (χ0v) is 13.3. The molecule has 0 bridgehead atoms. The van der Waals surface area contributed by atoms with E-state index in [0.29, 0.717) is 16.8 Å². The average molecular weight is 332 g/mol. The van der Waals surface area contributed by atoms with Crippen LogP contribution < -0.4 is 5.32 Å². The minimum Gasteiger partial charge on any atom is -0.375 e. The summed E-state index contributed by atoms with van der Waals surface area (Å²) in [5, 5.41) is 13.5. The number of fused-ring (bicyclic) bond motifs is 1. The Kier molecular flexibility index (Phi) is 3.51. The second-order valence-electron chi connectivity index (χ2n) is 6.10. The Labute approximate surface area is 144 Å². The van der Waals surface area contributed by atoms with Crippen LogP contribution in [0.4, 0.5) is 5.69 Å². The van der Waals surface area contributed by atoms with Crippen LogP contribution in [0.5, 0.6) is 0 Å². The largest absolute Gasteiger partial charge is 0.375 e. The molecule has 0 spiro atoms. The number of carbonyl (C=O) groups is 2. The number of rotatable bonds is 4. The van der Waals surface area contributed by atoms with Gasteiger partial charge in [0.2, 0.25) is 0 Å². The van der Waals surface area contributed by atoms with E-state index in [1.165, 1.54) is 0 Å². The van der Waals surface area contributed by atoms with Gasteiger partial charge in [0.1, 0.15) is 0 Å². The van der Waals surface area contributed by atoms with Gasteiger partial charge in [-0.25, -0.2) is 0 Å². The SMILES string of the molecule is O=C(C[C@]1(O)C(=O)Nc2ccccc21)c1cccc(-n2cccc2)c1. The van der Waals surface area contributed by atoms with E-state index in [4.69, 9.17) is 0 Å². The lowest BCUT2D eigenvalue weighted by Crippen LogP contribution is -2.36. The van der Waals surface area contributed by atoms with E-state index in [2.05, 4.69) is 5.32 Å². The molecule has 1 aliphatic heterocycles. The Morgan fingerprint density at radius 2 is 1.80 bits per heavy atom. The monoisotopic (exact) mass is 332 g/mol. The molecule has 3 aromatic rings. The van der Waals surface area contributed by atoms with Gasteiger partial charge in [-0.1, -0.05) is 30.3 Å². The van der Waals surface area contributed by atoms with E-state index in [9.17, 15) is 14.7 Å². The number of benzene rings is 2. The maximum atomic E-state index is 12.7. The van der Waals surface area contributed by atoms with Gasteiger partial charge in [-0.3, -0.25) is 9.59 Å². The molecule has 2 N–H and O–H groups in total. The van der Waals surface area contributed by atoms with Crippen LogP contribution >= 0.6 is 0 Å². The highest BCUT2D eigenvalue weighted by atomic mass is 16.3. The number of nitrogens with zero attached hydrogens (tertiary/aromatic N) is 1. The summed E-state index contributed by atoms with van der Waals surface area (Å²) in [6.45, 7) is 0. The van der Waals surface area contributed by atoms with Gasteiger partial charge in [-0.15, -0.1) is 0 Å². The molecule has 0 saturated heterocycles. The van der Waals surface area contributed by atoms with E-state index in [1.807, 2.05) is 35.2 Å². The fourth-order valence-corrected chi connectivity index (χ4v) is 3.16. The van der Waals surface area contributed by atoms with Gasteiger partial charge in [0.05, 0.1) is 6.42 Å². The topological polar surface area (TPSA) is 71.3 Å². The predicted octanol–water partition coefficient (Wildman–Crippen LogP) is 2.89. The minimum absolute atomic E-state index is 0.289. The number of hydrogen-bond donors (Lipinski definition) is 2. The van der Waals surface area contributed by atoms with Crippen molar-refractivity contribution in [1.82, 2.24) is 4.57 Å². The molecule has 5 heteroatoms. The summed E-state index contributed by atoms with van der Waals surface area (Å²) >= 11 is 0. The molecule has 25 heavy (non-hydrogen) atoms. The molecule has 0 radical (unpaired) electrons. The molecule has 2 aromatic carbocycles. The molecule has 1 aliphatic rings. The molecule has 1 atom stereocenters. The lowest BCUT2D eigenvalue weighted by molar-refractivity contribution is -0.133. The van der Waals surface area contributed by atoms with E-state index in [1.54, 1.807) is 42.5 Å². The first kappa shape index (κ1) is 15.4. The fourth-order valence-electron chi connectivity index (χ4n) is 3.16. The highest BCUT2D eigenvalue weighted by molar-refractivity contribution is 6.09. The first-order valence-electron chi connectivity index (χ1n) is 7.98.